The molecule has 1 amide bonds. The van der Waals surface area contributed by atoms with Crippen LogP contribution >= 0.6 is 22.9 Å². The number of anilines is 2. The summed E-state index contributed by atoms with van der Waals surface area (Å²) >= 11 is 7.59. The summed E-state index contributed by atoms with van der Waals surface area (Å²) in [6, 6.07) is 11.4. The molecule has 4 aromatic rings. The second-order valence-electron chi connectivity index (χ2n) is 7.12. The van der Waals surface area contributed by atoms with Gasteiger partial charge < -0.3 is 20.5 Å². The molecule has 0 saturated carbocycles. The standard InChI is InChI=1S/C20H19ClN6OS/c1-27-16-5-2-11(18(28)23-13-6-7-22-10-13)8-15(16)24-19(27)26-20-25-14-4-3-12(21)9-17(14)29-20/h2-5,8-9,13,22H,6-7,10H2,1H3,(H,23,28)(H,24,25,26). The zero-order valence-corrected chi connectivity index (χ0v) is 17.3. The van der Waals surface area contributed by atoms with Gasteiger partial charge in [-0.2, -0.15) is 0 Å². The molecule has 0 radical (unpaired) electrons. The Morgan fingerprint density at radius 1 is 1.24 bits per heavy atom. The SMILES string of the molecule is Cn1c(Nc2nc3ccc(Cl)cc3s2)nc2cc(C(=O)NC3CCNC3)ccc21. The lowest BCUT2D eigenvalue weighted by Crippen LogP contribution is -2.36. The topological polar surface area (TPSA) is 83.9 Å². The summed E-state index contributed by atoms with van der Waals surface area (Å²) < 4.78 is 2.97. The number of thiazole rings is 1. The molecule has 3 heterocycles. The Morgan fingerprint density at radius 3 is 2.97 bits per heavy atom. The first-order valence-electron chi connectivity index (χ1n) is 9.38. The number of fused-ring (bicyclic) bond motifs is 2. The zero-order valence-electron chi connectivity index (χ0n) is 15.7. The van der Waals surface area contributed by atoms with E-state index in [4.69, 9.17) is 11.6 Å². The number of amides is 1. The Kier molecular flexibility index (Phi) is 4.61. The second kappa shape index (κ2) is 7.29. The van der Waals surface area contributed by atoms with Crippen LogP contribution in [-0.2, 0) is 7.05 Å². The van der Waals surface area contributed by atoms with E-state index in [2.05, 4.69) is 25.9 Å². The molecule has 1 atom stereocenters. The molecular weight excluding hydrogens is 408 g/mol. The van der Waals surface area contributed by atoms with Crippen LogP contribution in [0.15, 0.2) is 36.4 Å². The van der Waals surface area contributed by atoms with Crippen LogP contribution in [0.4, 0.5) is 11.1 Å². The first-order chi connectivity index (χ1) is 14.1. The van der Waals surface area contributed by atoms with E-state index in [0.29, 0.717) is 16.5 Å². The van der Waals surface area contributed by atoms with E-state index in [1.54, 1.807) is 0 Å². The predicted molar refractivity (Wildman–Crippen MR) is 117 cm³/mol. The van der Waals surface area contributed by atoms with Crippen molar-refractivity contribution in [3.8, 4) is 0 Å². The first kappa shape index (κ1) is 18.4. The number of imidazole rings is 1. The maximum atomic E-state index is 12.5. The number of benzene rings is 2. The predicted octanol–water partition coefficient (Wildman–Crippen LogP) is 3.67. The summed E-state index contributed by atoms with van der Waals surface area (Å²) in [5.74, 6) is 0.603. The smallest absolute Gasteiger partial charge is 0.251 e. The molecule has 1 fully saturated rings. The normalized spacial score (nSPS) is 16.6. The number of hydrogen-bond acceptors (Lipinski definition) is 6. The monoisotopic (exact) mass is 426 g/mol. The Labute approximate surface area is 176 Å². The van der Waals surface area contributed by atoms with Crippen molar-refractivity contribution in [1.82, 2.24) is 25.2 Å². The lowest BCUT2D eigenvalue weighted by atomic mass is 10.1. The van der Waals surface area contributed by atoms with Gasteiger partial charge in [0.05, 0.1) is 21.3 Å². The highest BCUT2D eigenvalue weighted by atomic mass is 35.5. The van der Waals surface area contributed by atoms with Gasteiger partial charge in [-0.15, -0.1) is 0 Å². The maximum Gasteiger partial charge on any atom is 0.251 e. The quantitative estimate of drug-likeness (QED) is 0.463. The number of rotatable bonds is 4. The maximum absolute atomic E-state index is 12.5. The van der Waals surface area contributed by atoms with Gasteiger partial charge in [-0.25, -0.2) is 9.97 Å². The highest BCUT2D eigenvalue weighted by molar-refractivity contribution is 7.22. The van der Waals surface area contributed by atoms with E-state index in [1.165, 1.54) is 11.3 Å². The minimum atomic E-state index is -0.0659. The third-order valence-corrected chi connectivity index (χ3v) is 6.28. The number of aromatic nitrogens is 3. The summed E-state index contributed by atoms with van der Waals surface area (Å²) in [6.07, 6.45) is 0.957. The molecule has 2 aromatic carbocycles. The summed E-state index contributed by atoms with van der Waals surface area (Å²) in [5, 5.41) is 11.0. The first-order valence-corrected chi connectivity index (χ1v) is 10.6. The minimum Gasteiger partial charge on any atom is -0.348 e. The van der Waals surface area contributed by atoms with Crippen LogP contribution < -0.4 is 16.0 Å². The molecule has 1 saturated heterocycles. The van der Waals surface area contributed by atoms with Crippen LogP contribution in [0.2, 0.25) is 5.02 Å². The van der Waals surface area contributed by atoms with Crippen molar-refractivity contribution in [2.75, 3.05) is 18.4 Å². The minimum absolute atomic E-state index is 0.0659. The molecule has 5 rings (SSSR count). The molecule has 0 bridgehead atoms. The van der Waals surface area contributed by atoms with Crippen LogP contribution in [0.25, 0.3) is 21.3 Å². The molecule has 1 unspecified atom stereocenters. The molecular formula is C20H19ClN6OS. The largest absolute Gasteiger partial charge is 0.348 e. The second-order valence-corrected chi connectivity index (χ2v) is 8.58. The van der Waals surface area contributed by atoms with Gasteiger partial charge in [0.25, 0.3) is 5.91 Å². The highest BCUT2D eigenvalue weighted by Crippen LogP contribution is 2.31. The molecule has 29 heavy (non-hydrogen) atoms. The third kappa shape index (κ3) is 3.55. The average Bonchev–Trinajstić information content (AvgIpc) is 3.41. The molecule has 148 valence electrons. The van der Waals surface area contributed by atoms with E-state index >= 15 is 0 Å². The number of aryl methyl sites for hydroxylation is 1. The van der Waals surface area contributed by atoms with E-state index in [-0.39, 0.29) is 11.9 Å². The van der Waals surface area contributed by atoms with Crippen molar-refractivity contribution in [2.45, 2.75) is 12.5 Å². The van der Waals surface area contributed by atoms with Crippen LogP contribution in [0.5, 0.6) is 0 Å². The summed E-state index contributed by atoms with van der Waals surface area (Å²) in [4.78, 5) is 21.8. The van der Waals surface area contributed by atoms with Gasteiger partial charge >= 0.3 is 0 Å². The number of hydrogen-bond donors (Lipinski definition) is 3. The van der Waals surface area contributed by atoms with Crippen molar-refractivity contribution in [3.05, 3.63) is 47.0 Å². The molecule has 9 heteroatoms. The van der Waals surface area contributed by atoms with Crippen molar-refractivity contribution in [1.29, 1.82) is 0 Å². The van der Waals surface area contributed by atoms with Crippen LogP contribution in [0.3, 0.4) is 0 Å². The van der Waals surface area contributed by atoms with E-state index in [0.717, 1.165) is 45.9 Å². The Hall–Kier alpha value is -2.68. The van der Waals surface area contributed by atoms with Gasteiger partial charge in [-0.05, 0) is 49.4 Å². The van der Waals surface area contributed by atoms with Gasteiger partial charge in [0.2, 0.25) is 5.95 Å². The zero-order chi connectivity index (χ0) is 20.0. The average molecular weight is 427 g/mol. The van der Waals surface area contributed by atoms with E-state index in [1.807, 2.05) is 48.0 Å². The number of nitrogens with one attached hydrogen (secondary N) is 3. The van der Waals surface area contributed by atoms with Crippen molar-refractivity contribution in [3.63, 3.8) is 0 Å². The summed E-state index contributed by atoms with van der Waals surface area (Å²) in [5.41, 5.74) is 3.21. The van der Waals surface area contributed by atoms with Gasteiger partial charge in [0.15, 0.2) is 5.13 Å². The number of nitrogens with zero attached hydrogens (tertiary/aromatic N) is 3. The van der Waals surface area contributed by atoms with Crippen molar-refractivity contribution in [2.24, 2.45) is 7.05 Å². The molecule has 1 aliphatic rings. The van der Waals surface area contributed by atoms with Gasteiger partial charge in [-0.1, -0.05) is 22.9 Å². The van der Waals surface area contributed by atoms with Crippen LogP contribution in [0, 0.1) is 0 Å². The number of halogens is 1. The Bertz CT molecular complexity index is 1230. The molecule has 7 nitrogen and oxygen atoms in total. The molecule has 3 N–H and O–H groups in total. The molecule has 0 aliphatic carbocycles. The molecule has 2 aromatic heterocycles. The van der Waals surface area contributed by atoms with Crippen LogP contribution in [0.1, 0.15) is 16.8 Å². The molecule has 0 spiro atoms. The van der Waals surface area contributed by atoms with Crippen molar-refractivity contribution < 1.29 is 4.79 Å². The fourth-order valence-corrected chi connectivity index (χ4v) is 4.68. The van der Waals surface area contributed by atoms with E-state index in [9.17, 15) is 4.79 Å². The third-order valence-electron chi connectivity index (χ3n) is 5.11. The van der Waals surface area contributed by atoms with Gasteiger partial charge in [0.1, 0.15) is 0 Å². The number of carbonyl (C=O) groups is 1. The van der Waals surface area contributed by atoms with Crippen LogP contribution in [-0.4, -0.2) is 39.6 Å². The Morgan fingerprint density at radius 2 is 2.14 bits per heavy atom. The molecule has 1 aliphatic heterocycles. The van der Waals surface area contributed by atoms with Gasteiger partial charge in [-0.3, -0.25) is 4.79 Å². The van der Waals surface area contributed by atoms with E-state index < -0.39 is 0 Å². The Balaban J connectivity index is 1.41. The summed E-state index contributed by atoms with van der Waals surface area (Å²) in [7, 11) is 1.94. The highest BCUT2D eigenvalue weighted by Gasteiger charge is 2.18. The van der Waals surface area contributed by atoms with Gasteiger partial charge in [0, 0.05) is 30.2 Å². The fourth-order valence-electron chi connectivity index (χ4n) is 3.55. The number of carbonyl (C=O) groups excluding carboxylic acids is 1. The lowest BCUT2D eigenvalue weighted by Gasteiger charge is -2.11. The fraction of sp³-hybridized carbons (Fsp3) is 0.250. The lowest BCUT2D eigenvalue weighted by molar-refractivity contribution is 0.0940. The van der Waals surface area contributed by atoms with Crippen molar-refractivity contribution >= 4 is 61.2 Å². The summed E-state index contributed by atoms with van der Waals surface area (Å²) in [6.45, 7) is 1.76.